The number of nitrogens with one attached hydrogen (secondary N) is 1. The normalized spacial score (nSPS) is 15.1. The molecule has 4 nitrogen and oxygen atoms in total. The predicted octanol–water partition coefficient (Wildman–Crippen LogP) is 4.06. The zero-order valence-corrected chi connectivity index (χ0v) is 16.1. The fourth-order valence-corrected chi connectivity index (χ4v) is 3.59. The summed E-state index contributed by atoms with van der Waals surface area (Å²) in [6.45, 7) is 4.78. The Bertz CT molecular complexity index is 731. The second-order valence-corrected chi connectivity index (χ2v) is 7.31. The molecular weight excluding hydrogens is 369 g/mol. The maximum Gasteiger partial charge on any atom is 0.317 e. The number of benzene rings is 2. The molecule has 1 fully saturated rings. The minimum Gasteiger partial charge on any atom is -0.338 e. The van der Waals surface area contributed by atoms with Gasteiger partial charge in [-0.15, -0.1) is 0 Å². The highest BCUT2D eigenvalue weighted by atomic mass is 35.5. The summed E-state index contributed by atoms with van der Waals surface area (Å²) in [5.41, 5.74) is 2.30. The van der Waals surface area contributed by atoms with Crippen LogP contribution in [0.4, 0.5) is 4.79 Å². The van der Waals surface area contributed by atoms with Crippen molar-refractivity contribution in [2.24, 2.45) is 0 Å². The van der Waals surface area contributed by atoms with Crippen LogP contribution in [-0.4, -0.2) is 48.6 Å². The Morgan fingerprint density at radius 1 is 1.00 bits per heavy atom. The van der Waals surface area contributed by atoms with Gasteiger partial charge in [-0.2, -0.15) is 0 Å². The Balaban J connectivity index is 1.39. The number of carbonyl (C=O) groups excluding carboxylic acids is 1. The molecule has 0 aliphatic carbocycles. The third-order valence-corrected chi connectivity index (χ3v) is 5.18. The summed E-state index contributed by atoms with van der Waals surface area (Å²) in [6.07, 6.45) is 0.690. The van der Waals surface area contributed by atoms with Crippen molar-refractivity contribution in [2.45, 2.75) is 13.0 Å². The van der Waals surface area contributed by atoms with E-state index in [1.807, 2.05) is 23.1 Å². The number of rotatable bonds is 5. The van der Waals surface area contributed by atoms with Crippen LogP contribution >= 0.6 is 23.2 Å². The van der Waals surface area contributed by atoms with Crippen LogP contribution in [0.1, 0.15) is 11.1 Å². The van der Waals surface area contributed by atoms with E-state index in [9.17, 15) is 4.79 Å². The highest BCUT2D eigenvalue weighted by molar-refractivity contribution is 6.35. The van der Waals surface area contributed by atoms with Gasteiger partial charge >= 0.3 is 6.03 Å². The van der Waals surface area contributed by atoms with E-state index in [2.05, 4.69) is 34.5 Å². The van der Waals surface area contributed by atoms with Crippen LogP contribution in [0.3, 0.4) is 0 Å². The highest BCUT2D eigenvalue weighted by Crippen LogP contribution is 2.21. The van der Waals surface area contributed by atoms with Gasteiger partial charge in [-0.3, -0.25) is 4.90 Å². The maximum atomic E-state index is 12.3. The van der Waals surface area contributed by atoms with Crippen LogP contribution in [0.15, 0.2) is 48.5 Å². The van der Waals surface area contributed by atoms with Crippen molar-refractivity contribution < 1.29 is 4.79 Å². The molecule has 1 heterocycles. The molecule has 1 N–H and O–H groups in total. The fraction of sp³-hybridized carbons (Fsp3) is 0.350. The molecular formula is C20H23Cl2N3O. The molecule has 0 unspecified atom stereocenters. The van der Waals surface area contributed by atoms with Gasteiger partial charge in [-0.1, -0.05) is 59.6 Å². The predicted molar refractivity (Wildman–Crippen MR) is 107 cm³/mol. The summed E-state index contributed by atoms with van der Waals surface area (Å²) in [5.74, 6) is 0. The van der Waals surface area contributed by atoms with Crippen molar-refractivity contribution >= 4 is 29.2 Å². The van der Waals surface area contributed by atoms with Crippen molar-refractivity contribution in [3.63, 3.8) is 0 Å². The smallest absolute Gasteiger partial charge is 0.317 e. The van der Waals surface area contributed by atoms with Crippen molar-refractivity contribution in [3.8, 4) is 0 Å². The van der Waals surface area contributed by atoms with Gasteiger partial charge in [0.05, 0.1) is 0 Å². The molecule has 0 aromatic heterocycles. The number of hydrogen-bond donors (Lipinski definition) is 1. The van der Waals surface area contributed by atoms with E-state index in [0.29, 0.717) is 23.0 Å². The average Bonchev–Trinajstić information content (AvgIpc) is 2.65. The van der Waals surface area contributed by atoms with Crippen LogP contribution in [-0.2, 0) is 13.0 Å². The van der Waals surface area contributed by atoms with Crippen LogP contribution < -0.4 is 5.32 Å². The van der Waals surface area contributed by atoms with Crippen LogP contribution in [0.2, 0.25) is 10.0 Å². The number of hydrogen-bond acceptors (Lipinski definition) is 2. The van der Waals surface area contributed by atoms with Gasteiger partial charge < -0.3 is 10.2 Å². The summed E-state index contributed by atoms with van der Waals surface area (Å²) >= 11 is 12.1. The van der Waals surface area contributed by atoms with Crippen LogP contribution in [0.25, 0.3) is 0 Å². The molecule has 0 radical (unpaired) electrons. The first-order valence-corrected chi connectivity index (χ1v) is 9.60. The average molecular weight is 392 g/mol. The van der Waals surface area contributed by atoms with Crippen LogP contribution in [0, 0.1) is 0 Å². The van der Waals surface area contributed by atoms with E-state index in [-0.39, 0.29) is 6.03 Å². The zero-order valence-electron chi connectivity index (χ0n) is 14.6. The molecule has 0 saturated carbocycles. The Kier molecular flexibility index (Phi) is 6.78. The maximum absolute atomic E-state index is 12.3. The summed E-state index contributed by atoms with van der Waals surface area (Å²) < 4.78 is 0. The van der Waals surface area contributed by atoms with E-state index in [1.54, 1.807) is 6.07 Å². The van der Waals surface area contributed by atoms with E-state index in [4.69, 9.17) is 23.2 Å². The monoisotopic (exact) mass is 391 g/mol. The quantitative estimate of drug-likeness (QED) is 0.833. The van der Waals surface area contributed by atoms with Crippen molar-refractivity contribution in [3.05, 3.63) is 69.7 Å². The number of piperazine rings is 1. The lowest BCUT2D eigenvalue weighted by atomic mass is 10.1. The van der Waals surface area contributed by atoms with Crippen molar-refractivity contribution in [2.75, 3.05) is 32.7 Å². The largest absolute Gasteiger partial charge is 0.338 e. The standard InChI is InChI=1S/C20H23Cl2N3O/c21-18-7-6-17(19(22)14-18)8-9-23-20(26)25-12-10-24(11-13-25)15-16-4-2-1-3-5-16/h1-7,14H,8-13,15H2,(H,23,26). The molecule has 138 valence electrons. The number of halogens is 2. The second-order valence-electron chi connectivity index (χ2n) is 6.47. The summed E-state index contributed by atoms with van der Waals surface area (Å²) in [6, 6.07) is 15.9. The van der Waals surface area contributed by atoms with Gasteiger partial charge in [0.15, 0.2) is 0 Å². The lowest BCUT2D eigenvalue weighted by Crippen LogP contribution is -2.51. The Hall–Kier alpha value is -1.75. The lowest BCUT2D eigenvalue weighted by molar-refractivity contribution is 0.135. The molecule has 2 aromatic rings. The number of urea groups is 1. The molecule has 0 bridgehead atoms. The Morgan fingerprint density at radius 2 is 1.73 bits per heavy atom. The van der Waals surface area contributed by atoms with E-state index in [0.717, 1.165) is 38.3 Å². The van der Waals surface area contributed by atoms with Gasteiger partial charge in [-0.25, -0.2) is 4.79 Å². The first-order valence-electron chi connectivity index (χ1n) is 8.85. The second kappa shape index (κ2) is 9.26. The third-order valence-electron chi connectivity index (χ3n) is 4.59. The van der Waals surface area contributed by atoms with E-state index in [1.165, 1.54) is 5.56 Å². The molecule has 2 aromatic carbocycles. The minimum atomic E-state index is -0.00514. The molecule has 2 amide bonds. The zero-order chi connectivity index (χ0) is 18.4. The molecule has 0 spiro atoms. The fourth-order valence-electron chi connectivity index (χ4n) is 3.09. The molecule has 3 rings (SSSR count). The molecule has 1 aliphatic heterocycles. The minimum absolute atomic E-state index is 0.00514. The van der Waals surface area contributed by atoms with Crippen LogP contribution in [0.5, 0.6) is 0 Å². The first-order chi connectivity index (χ1) is 12.6. The first kappa shape index (κ1) is 19.0. The van der Waals surface area contributed by atoms with Gasteiger partial charge in [0.1, 0.15) is 0 Å². The molecule has 26 heavy (non-hydrogen) atoms. The topological polar surface area (TPSA) is 35.6 Å². The SMILES string of the molecule is O=C(NCCc1ccc(Cl)cc1Cl)N1CCN(Cc2ccccc2)CC1. The lowest BCUT2D eigenvalue weighted by Gasteiger charge is -2.34. The van der Waals surface area contributed by atoms with Crippen molar-refractivity contribution in [1.82, 2.24) is 15.1 Å². The Morgan fingerprint density at radius 3 is 2.42 bits per heavy atom. The highest BCUT2D eigenvalue weighted by Gasteiger charge is 2.20. The van der Waals surface area contributed by atoms with E-state index >= 15 is 0 Å². The van der Waals surface area contributed by atoms with Gasteiger partial charge in [0.2, 0.25) is 0 Å². The van der Waals surface area contributed by atoms with Gasteiger partial charge in [0, 0.05) is 49.3 Å². The summed E-state index contributed by atoms with van der Waals surface area (Å²) in [5, 5.41) is 4.25. The van der Waals surface area contributed by atoms with Gasteiger partial charge in [-0.05, 0) is 29.7 Å². The van der Waals surface area contributed by atoms with Gasteiger partial charge in [0.25, 0.3) is 0 Å². The number of amides is 2. The number of carbonyl (C=O) groups is 1. The number of nitrogens with zero attached hydrogens (tertiary/aromatic N) is 2. The third kappa shape index (κ3) is 5.37. The molecule has 1 aliphatic rings. The summed E-state index contributed by atoms with van der Waals surface area (Å²) in [4.78, 5) is 16.6. The van der Waals surface area contributed by atoms with Crippen molar-refractivity contribution in [1.29, 1.82) is 0 Å². The molecule has 0 atom stereocenters. The summed E-state index contributed by atoms with van der Waals surface area (Å²) in [7, 11) is 0. The van der Waals surface area contributed by atoms with E-state index < -0.39 is 0 Å². The Labute approximate surface area is 164 Å². The molecule has 6 heteroatoms. The molecule has 1 saturated heterocycles.